The van der Waals surface area contributed by atoms with Gasteiger partial charge in [0.25, 0.3) is 0 Å². The second-order valence-electron chi connectivity index (χ2n) is 6.21. The summed E-state index contributed by atoms with van der Waals surface area (Å²) in [5.41, 5.74) is 3.97. The Balaban J connectivity index is 2.16. The predicted octanol–water partition coefficient (Wildman–Crippen LogP) is 5.08. The second-order valence-corrected chi connectivity index (χ2v) is 6.21. The molecule has 0 radical (unpaired) electrons. The van der Waals surface area contributed by atoms with Crippen molar-refractivity contribution in [3.8, 4) is 5.75 Å². The maximum atomic E-state index is 12.2. The van der Waals surface area contributed by atoms with Crippen LogP contribution in [0.1, 0.15) is 23.6 Å². The van der Waals surface area contributed by atoms with E-state index in [4.69, 9.17) is 4.74 Å². The maximum Gasteiger partial charge on any atom is 0.573 e. The molecule has 5 nitrogen and oxygen atoms in total. The minimum Gasteiger partial charge on any atom is -0.469 e. The molecule has 0 bridgehead atoms. The van der Waals surface area contributed by atoms with E-state index in [1.807, 2.05) is 26.0 Å². The van der Waals surface area contributed by atoms with Gasteiger partial charge in [0.2, 0.25) is 0 Å². The Labute approximate surface area is 161 Å². The lowest BCUT2D eigenvalue weighted by Crippen LogP contribution is -2.17. The van der Waals surface area contributed by atoms with Crippen molar-refractivity contribution in [2.75, 3.05) is 12.4 Å². The zero-order valence-corrected chi connectivity index (χ0v) is 16.0. The van der Waals surface area contributed by atoms with Crippen molar-refractivity contribution in [3.63, 3.8) is 0 Å². The number of alkyl halides is 3. The average Bonchev–Trinajstić information content (AvgIpc) is 2.59. The molecule has 0 unspecified atom stereocenters. The third-order valence-corrected chi connectivity index (χ3v) is 3.92. The van der Waals surface area contributed by atoms with E-state index in [0.717, 1.165) is 16.7 Å². The van der Waals surface area contributed by atoms with Crippen LogP contribution in [0.2, 0.25) is 0 Å². The van der Waals surface area contributed by atoms with Crippen molar-refractivity contribution in [1.29, 1.82) is 0 Å². The number of carbonyl (C=O) groups excluding carboxylic acids is 1. The van der Waals surface area contributed by atoms with Gasteiger partial charge in [0.15, 0.2) is 0 Å². The van der Waals surface area contributed by atoms with Gasteiger partial charge in [-0.25, -0.2) is 4.99 Å². The standard InChI is InChI=1S/C20H21F3N2O3/c1-12-9-13(2)18(10-15(12)11-19(26)27-4)25-14(3)24-16-5-7-17(8-6-16)28-20(21,22)23/h5-10H,11H2,1-4H3,(H,24,25). The highest BCUT2D eigenvalue weighted by atomic mass is 19.4. The maximum absolute atomic E-state index is 12.2. The summed E-state index contributed by atoms with van der Waals surface area (Å²) in [7, 11) is 1.34. The summed E-state index contributed by atoms with van der Waals surface area (Å²) < 4.78 is 45.2. The predicted molar refractivity (Wildman–Crippen MR) is 101 cm³/mol. The number of hydrogen-bond donors (Lipinski definition) is 1. The van der Waals surface area contributed by atoms with Crippen molar-refractivity contribution in [2.45, 2.75) is 33.6 Å². The number of ether oxygens (including phenoxy) is 2. The van der Waals surface area contributed by atoms with E-state index in [2.05, 4.69) is 15.0 Å². The highest BCUT2D eigenvalue weighted by Gasteiger charge is 2.30. The van der Waals surface area contributed by atoms with Crippen molar-refractivity contribution in [3.05, 3.63) is 53.1 Å². The molecule has 150 valence electrons. The Morgan fingerprint density at radius 1 is 1.11 bits per heavy atom. The van der Waals surface area contributed by atoms with E-state index in [-0.39, 0.29) is 18.1 Å². The van der Waals surface area contributed by atoms with Gasteiger partial charge in [-0.05, 0) is 67.8 Å². The van der Waals surface area contributed by atoms with Crippen molar-refractivity contribution in [2.24, 2.45) is 4.99 Å². The Hall–Kier alpha value is -3.03. The number of nitrogens with one attached hydrogen (secondary N) is 1. The van der Waals surface area contributed by atoms with Gasteiger partial charge < -0.3 is 14.8 Å². The molecular weight excluding hydrogens is 373 g/mol. The number of methoxy groups -OCH3 is 1. The number of nitrogens with zero attached hydrogens (tertiary/aromatic N) is 1. The molecule has 0 atom stereocenters. The summed E-state index contributed by atoms with van der Waals surface area (Å²) in [6.07, 6.45) is -4.57. The molecule has 2 rings (SSSR count). The van der Waals surface area contributed by atoms with Crippen molar-refractivity contribution >= 4 is 23.2 Å². The number of aliphatic imine (C=N–C) groups is 1. The lowest BCUT2D eigenvalue weighted by Gasteiger charge is -2.12. The van der Waals surface area contributed by atoms with Crippen LogP contribution in [0.4, 0.5) is 24.5 Å². The summed E-state index contributed by atoms with van der Waals surface area (Å²) >= 11 is 0. The van der Waals surface area contributed by atoms with E-state index in [9.17, 15) is 18.0 Å². The molecular formula is C20H21F3N2O3. The summed E-state index contributed by atoms with van der Waals surface area (Å²) in [5, 5.41) is 3.02. The molecule has 0 saturated heterocycles. The molecule has 0 aliphatic heterocycles. The van der Waals surface area contributed by atoms with Gasteiger partial charge >= 0.3 is 12.3 Å². The topological polar surface area (TPSA) is 59.9 Å². The van der Waals surface area contributed by atoms with E-state index in [1.165, 1.54) is 31.4 Å². The first-order chi connectivity index (χ1) is 13.1. The molecule has 0 heterocycles. The van der Waals surface area contributed by atoms with Crippen LogP contribution in [-0.2, 0) is 16.0 Å². The summed E-state index contributed by atoms with van der Waals surface area (Å²) in [6.45, 7) is 5.55. The fourth-order valence-corrected chi connectivity index (χ4v) is 2.58. The number of hydrogen-bond acceptors (Lipinski definition) is 4. The number of halogens is 3. The fraction of sp³-hybridized carbons (Fsp3) is 0.300. The monoisotopic (exact) mass is 394 g/mol. The van der Waals surface area contributed by atoms with Gasteiger partial charge in [0.05, 0.1) is 19.2 Å². The summed E-state index contributed by atoms with van der Waals surface area (Å²) in [6, 6.07) is 9.12. The lowest BCUT2D eigenvalue weighted by atomic mass is 10.0. The van der Waals surface area contributed by atoms with Crippen LogP contribution in [-0.4, -0.2) is 25.3 Å². The van der Waals surface area contributed by atoms with Crippen LogP contribution in [0.5, 0.6) is 5.75 Å². The van der Waals surface area contributed by atoms with Crippen LogP contribution < -0.4 is 10.1 Å². The van der Waals surface area contributed by atoms with Gasteiger partial charge in [-0.2, -0.15) is 0 Å². The van der Waals surface area contributed by atoms with Crippen LogP contribution >= 0.6 is 0 Å². The lowest BCUT2D eigenvalue weighted by molar-refractivity contribution is -0.274. The number of carbonyl (C=O) groups is 1. The molecule has 0 aliphatic carbocycles. The quantitative estimate of drug-likeness (QED) is 0.437. The Morgan fingerprint density at radius 3 is 2.32 bits per heavy atom. The average molecular weight is 394 g/mol. The van der Waals surface area contributed by atoms with Gasteiger partial charge in [0.1, 0.15) is 11.6 Å². The number of amidine groups is 1. The number of esters is 1. The molecule has 0 amide bonds. The Kier molecular flexibility index (Phi) is 6.66. The molecule has 28 heavy (non-hydrogen) atoms. The smallest absolute Gasteiger partial charge is 0.469 e. The molecule has 8 heteroatoms. The minimum atomic E-state index is -4.73. The van der Waals surface area contributed by atoms with Gasteiger partial charge in [-0.3, -0.25) is 4.79 Å². The molecule has 0 aliphatic rings. The zero-order valence-electron chi connectivity index (χ0n) is 16.0. The van der Waals surface area contributed by atoms with Crippen LogP contribution in [0.3, 0.4) is 0 Å². The Morgan fingerprint density at radius 2 is 1.75 bits per heavy atom. The molecule has 0 saturated carbocycles. The minimum absolute atomic E-state index is 0.151. The summed E-state index contributed by atoms with van der Waals surface area (Å²) in [4.78, 5) is 16.1. The van der Waals surface area contributed by atoms with Gasteiger partial charge in [-0.15, -0.1) is 13.2 Å². The largest absolute Gasteiger partial charge is 0.573 e. The third-order valence-electron chi connectivity index (χ3n) is 3.92. The normalized spacial score (nSPS) is 11.9. The first-order valence-corrected chi connectivity index (χ1v) is 8.42. The summed E-state index contributed by atoms with van der Waals surface area (Å²) in [5.74, 6) is -0.0900. The van der Waals surface area contributed by atoms with E-state index in [1.54, 1.807) is 6.92 Å². The first kappa shape index (κ1) is 21.3. The zero-order chi connectivity index (χ0) is 20.9. The van der Waals surface area contributed by atoms with Crippen LogP contribution in [0.15, 0.2) is 41.4 Å². The number of benzene rings is 2. The highest BCUT2D eigenvalue weighted by molar-refractivity contribution is 5.95. The Bertz CT molecular complexity index is 876. The molecule has 2 aromatic rings. The van der Waals surface area contributed by atoms with Crippen molar-refractivity contribution in [1.82, 2.24) is 0 Å². The molecule has 2 aromatic carbocycles. The highest BCUT2D eigenvalue weighted by Crippen LogP contribution is 2.26. The second kappa shape index (κ2) is 8.77. The van der Waals surface area contributed by atoms with Gasteiger partial charge in [-0.1, -0.05) is 6.07 Å². The SMILES string of the molecule is COC(=O)Cc1cc(N=C(C)Nc2ccc(OC(F)(F)F)cc2)c(C)cc1C. The molecule has 0 fully saturated rings. The van der Waals surface area contributed by atoms with E-state index in [0.29, 0.717) is 17.2 Å². The van der Waals surface area contributed by atoms with Crippen LogP contribution in [0.25, 0.3) is 0 Å². The van der Waals surface area contributed by atoms with Crippen molar-refractivity contribution < 1.29 is 27.4 Å². The van der Waals surface area contributed by atoms with E-state index >= 15 is 0 Å². The molecule has 1 N–H and O–H groups in total. The fourth-order valence-electron chi connectivity index (χ4n) is 2.58. The first-order valence-electron chi connectivity index (χ1n) is 8.42. The number of aryl methyl sites for hydroxylation is 2. The number of rotatable bonds is 5. The van der Waals surface area contributed by atoms with E-state index < -0.39 is 6.36 Å². The molecule has 0 spiro atoms. The number of anilines is 1. The third kappa shape index (κ3) is 6.29. The molecule has 0 aromatic heterocycles. The van der Waals surface area contributed by atoms with Crippen LogP contribution in [0, 0.1) is 13.8 Å². The van der Waals surface area contributed by atoms with Gasteiger partial charge in [0, 0.05) is 5.69 Å².